The molecule has 1 aliphatic rings. The highest BCUT2D eigenvalue weighted by Crippen LogP contribution is 2.24. The lowest BCUT2D eigenvalue weighted by atomic mass is 10.1. The highest BCUT2D eigenvalue weighted by Gasteiger charge is 2.28. The van der Waals surface area contributed by atoms with Crippen molar-refractivity contribution in [2.45, 2.75) is 57.8 Å². The third kappa shape index (κ3) is 4.94. The second-order valence-corrected chi connectivity index (χ2v) is 4.60. The van der Waals surface area contributed by atoms with Crippen LogP contribution in [0.25, 0.3) is 0 Å². The lowest BCUT2D eigenvalue weighted by Crippen LogP contribution is -2.39. The molecule has 1 heterocycles. The molecule has 1 saturated heterocycles. The van der Waals surface area contributed by atoms with E-state index in [1.807, 2.05) is 13.8 Å². The van der Waals surface area contributed by atoms with Gasteiger partial charge in [0, 0.05) is 6.42 Å². The molecule has 94 valence electrons. The van der Waals surface area contributed by atoms with Crippen LogP contribution < -0.4 is 0 Å². The maximum absolute atomic E-state index is 10.9. The standard InChI is InChI=1S/C12H22O4/c1-12(2)15-9-8-10(16-12)6-4-5-7-11(13)14-3/h10H,4-9H2,1-3H3/t10-/m0/s1. The fourth-order valence-corrected chi connectivity index (χ4v) is 1.88. The van der Waals surface area contributed by atoms with Gasteiger partial charge in [-0.15, -0.1) is 0 Å². The summed E-state index contributed by atoms with van der Waals surface area (Å²) < 4.78 is 15.8. The average molecular weight is 230 g/mol. The average Bonchev–Trinajstić information content (AvgIpc) is 2.22. The van der Waals surface area contributed by atoms with Crippen LogP contribution in [0.15, 0.2) is 0 Å². The Labute approximate surface area is 97.2 Å². The van der Waals surface area contributed by atoms with Gasteiger partial charge in [-0.1, -0.05) is 6.42 Å². The Hall–Kier alpha value is -0.610. The largest absolute Gasteiger partial charge is 0.469 e. The predicted molar refractivity (Wildman–Crippen MR) is 60.0 cm³/mol. The molecule has 0 aromatic rings. The normalized spacial score (nSPS) is 24.1. The van der Waals surface area contributed by atoms with Crippen molar-refractivity contribution in [1.82, 2.24) is 0 Å². The molecule has 1 fully saturated rings. The van der Waals surface area contributed by atoms with Crippen LogP contribution in [-0.4, -0.2) is 31.6 Å². The molecule has 0 amide bonds. The third-order valence-corrected chi connectivity index (χ3v) is 2.72. The van der Waals surface area contributed by atoms with Crippen molar-refractivity contribution in [2.24, 2.45) is 0 Å². The molecule has 0 bridgehead atoms. The molecule has 0 aromatic heterocycles. The Morgan fingerprint density at radius 3 is 2.81 bits per heavy atom. The Kier molecular flexibility index (Phi) is 5.22. The van der Waals surface area contributed by atoms with E-state index in [2.05, 4.69) is 4.74 Å². The first-order valence-electron chi connectivity index (χ1n) is 5.92. The zero-order chi connectivity index (χ0) is 12.0. The summed E-state index contributed by atoms with van der Waals surface area (Å²) in [5, 5.41) is 0. The Morgan fingerprint density at radius 1 is 1.44 bits per heavy atom. The Bertz CT molecular complexity index is 225. The van der Waals surface area contributed by atoms with E-state index in [1.165, 1.54) is 7.11 Å². The molecule has 0 saturated carbocycles. The van der Waals surface area contributed by atoms with E-state index < -0.39 is 5.79 Å². The molecule has 4 heteroatoms. The molecule has 0 aliphatic carbocycles. The fourth-order valence-electron chi connectivity index (χ4n) is 1.88. The van der Waals surface area contributed by atoms with Gasteiger partial charge in [0.05, 0.1) is 19.8 Å². The highest BCUT2D eigenvalue weighted by atomic mass is 16.7. The van der Waals surface area contributed by atoms with Crippen LogP contribution in [0, 0.1) is 0 Å². The van der Waals surface area contributed by atoms with Crippen LogP contribution >= 0.6 is 0 Å². The summed E-state index contributed by atoms with van der Waals surface area (Å²) in [6.07, 6.45) is 4.57. The van der Waals surface area contributed by atoms with Gasteiger partial charge in [-0.2, -0.15) is 0 Å². The first kappa shape index (κ1) is 13.5. The van der Waals surface area contributed by atoms with Gasteiger partial charge in [0.1, 0.15) is 0 Å². The summed E-state index contributed by atoms with van der Waals surface area (Å²) in [7, 11) is 1.42. The number of esters is 1. The van der Waals surface area contributed by atoms with Gasteiger partial charge >= 0.3 is 5.97 Å². The first-order valence-corrected chi connectivity index (χ1v) is 5.92. The van der Waals surface area contributed by atoms with Crippen molar-refractivity contribution < 1.29 is 19.0 Å². The van der Waals surface area contributed by atoms with Gasteiger partial charge < -0.3 is 14.2 Å². The number of hydrogen-bond donors (Lipinski definition) is 0. The fraction of sp³-hybridized carbons (Fsp3) is 0.917. The second kappa shape index (κ2) is 6.21. The topological polar surface area (TPSA) is 44.8 Å². The monoisotopic (exact) mass is 230 g/mol. The quantitative estimate of drug-likeness (QED) is 0.537. The minimum absolute atomic E-state index is 0.131. The maximum Gasteiger partial charge on any atom is 0.305 e. The first-order chi connectivity index (χ1) is 7.53. The summed E-state index contributed by atoms with van der Waals surface area (Å²) in [6.45, 7) is 4.63. The molecule has 1 aliphatic heterocycles. The number of rotatable bonds is 5. The molecular weight excluding hydrogens is 208 g/mol. The minimum atomic E-state index is -0.453. The number of carbonyl (C=O) groups excluding carboxylic acids is 1. The van der Waals surface area contributed by atoms with Crippen LogP contribution in [-0.2, 0) is 19.0 Å². The van der Waals surface area contributed by atoms with Crippen LogP contribution in [0.2, 0.25) is 0 Å². The van der Waals surface area contributed by atoms with Crippen molar-refractivity contribution in [2.75, 3.05) is 13.7 Å². The highest BCUT2D eigenvalue weighted by molar-refractivity contribution is 5.68. The Morgan fingerprint density at radius 2 is 2.19 bits per heavy atom. The van der Waals surface area contributed by atoms with Crippen LogP contribution in [0.4, 0.5) is 0 Å². The van der Waals surface area contributed by atoms with Crippen molar-refractivity contribution in [3.05, 3.63) is 0 Å². The van der Waals surface area contributed by atoms with E-state index in [1.54, 1.807) is 0 Å². The molecule has 1 atom stereocenters. The molecule has 16 heavy (non-hydrogen) atoms. The van der Waals surface area contributed by atoms with Crippen LogP contribution in [0.1, 0.15) is 46.0 Å². The summed E-state index contributed by atoms with van der Waals surface area (Å²) in [5.74, 6) is -0.584. The lowest BCUT2D eigenvalue weighted by Gasteiger charge is -2.36. The lowest BCUT2D eigenvalue weighted by molar-refractivity contribution is -0.274. The van der Waals surface area contributed by atoms with Crippen molar-refractivity contribution in [3.8, 4) is 0 Å². The number of unbranched alkanes of at least 4 members (excludes halogenated alkanes) is 1. The molecule has 0 aromatic carbocycles. The molecule has 0 radical (unpaired) electrons. The van der Waals surface area contributed by atoms with Gasteiger partial charge in [0.25, 0.3) is 0 Å². The van der Waals surface area contributed by atoms with Gasteiger partial charge in [-0.25, -0.2) is 0 Å². The van der Waals surface area contributed by atoms with E-state index in [0.29, 0.717) is 6.42 Å². The maximum atomic E-state index is 10.9. The van der Waals surface area contributed by atoms with Gasteiger partial charge in [0.2, 0.25) is 0 Å². The van der Waals surface area contributed by atoms with E-state index in [-0.39, 0.29) is 12.1 Å². The second-order valence-electron chi connectivity index (χ2n) is 4.60. The zero-order valence-corrected chi connectivity index (χ0v) is 10.5. The van der Waals surface area contributed by atoms with E-state index >= 15 is 0 Å². The van der Waals surface area contributed by atoms with E-state index in [4.69, 9.17) is 9.47 Å². The van der Waals surface area contributed by atoms with Crippen LogP contribution in [0.3, 0.4) is 0 Å². The number of carbonyl (C=O) groups is 1. The van der Waals surface area contributed by atoms with Gasteiger partial charge in [0.15, 0.2) is 5.79 Å². The zero-order valence-electron chi connectivity index (χ0n) is 10.5. The van der Waals surface area contributed by atoms with Gasteiger partial charge in [-0.05, 0) is 33.1 Å². The van der Waals surface area contributed by atoms with Crippen molar-refractivity contribution in [3.63, 3.8) is 0 Å². The van der Waals surface area contributed by atoms with E-state index in [9.17, 15) is 4.79 Å². The summed E-state index contributed by atoms with van der Waals surface area (Å²) in [6, 6.07) is 0. The molecule has 0 N–H and O–H groups in total. The molecular formula is C12H22O4. The summed E-state index contributed by atoms with van der Waals surface area (Å²) >= 11 is 0. The van der Waals surface area contributed by atoms with Crippen molar-refractivity contribution >= 4 is 5.97 Å². The molecule has 4 nitrogen and oxygen atoms in total. The minimum Gasteiger partial charge on any atom is -0.469 e. The van der Waals surface area contributed by atoms with E-state index in [0.717, 1.165) is 32.3 Å². The van der Waals surface area contributed by atoms with Gasteiger partial charge in [-0.3, -0.25) is 4.79 Å². The third-order valence-electron chi connectivity index (χ3n) is 2.72. The SMILES string of the molecule is COC(=O)CCCC[C@H]1CCOC(C)(C)O1. The summed E-state index contributed by atoms with van der Waals surface area (Å²) in [4.78, 5) is 10.9. The summed E-state index contributed by atoms with van der Waals surface area (Å²) in [5.41, 5.74) is 0. The van der Waals surface area contributed by atoms with Crippen molar-refractivity contribution in [1.29, 1.82) is 0 Å². The number of methoxy groups -OCH3 is 1. The predicted octanol–water partition coefficient (Wildman–Crippen LogP) is 2.26. The smallest absolute Gasteiger partial charge is 0.305 e. The molecule has 1 rings (SSSR count). The number of hydrogen-bond acceptors (Lipinski definition) is 4. The number of ether oxygens (including phenoxy) is 3. The van der Waals surface area contributed by atoms with Crippen LogP contribution in [0.5, 0.6) is 0 Å². The molecule has 0 spiro atoms. The Balaban J connectivity index is 2.11. The molecule has 0 unspecified atom stereocenters.